The standard InChI is InChI=1S/C13H17F2NO/c14-10-4-5-11(12(15)8-10)13(9-17)16-6-2-1-3-7-16/h4-5,8,13,17H,1-3,6-7,9H2/t13-/m0/s1. The molecular weight excluding hydrogens is 224 g/mol. The Bertz CT molecular complexity index is 378. The van der Waals surface area contributed by atoms with Crippen LogP contribution in [0.25, 0.3) is 0 Å². The van der Waals surface area contributed by atoms with Gasteiger partial charge in [-0.05, 0) is 32.0 Å². The summed E-state index contributed by atoms with van der Waals surface area (Å²) >= 11 is 0. The van der Waals surface area contributed by atoms with E-state index in [-0.39, 0.29) is 12.6 Å². The Morgan fingerprint density at radius 3 is 2.47 bits per heavy atom. The predicted molar refractivity (Wildman–Crippen MR) is 61.6 cm³/mol. The molecular formula is C13H17F2NO. The third-order valence-corrected chi connectivity index (χ3v) is 3.33. The van der Waals surface area contributed by atoms with Crippen LogP contribution < -0.4 is 0 Å². The van der Waals surface area contributed by atoms with Gasteiger partial charge in [-0.15, -0.1) is 0 Å². The molecule has 1 atom stereocenters. The van der Waals surface area contributed by atoms with E-state index >= 15 is 0 Å². The molecule has 1 aliphatic heterocycles. The Morgan fingerprint density at radius 2 is 1.88 bits per heavy atom. The van der Waals surface area contributed by atoms with Gasteiger partial charge < -0.3 is 5.11 Å². The second-order valence-corrected chi connectivity index (χ2v) is 4.46. The first kappa shape index (κ1) is 12.5. The van der Waals surface area contributed by atoms with Crippen molar-refractivity contribution in [3.05, 3.63) is 35.4 Å². The lowest BCUT2D eigenvalue weighted by Crippen LogP contribution is -2.36. The van der Waals surface area contributed by atoms with Gasteiger partial charge in [0.15, 0.2) is 0 Å². The highest BCUT2D eigenvalue weighted by Crippen LogP contribution is 2.26. The van der Waals surface area contributed by atoms with E-state index in [1.54, 1.807) is 0 Å². The van der Waals surface area contributed by atoms with Gasteiger partial charge in [-0.2, -0.15) is 0 Å². The van der Waals surface area contributed by atoms with Gasteiger partial charge in [-0.25, -0.2) is 8.78 Å². The van der Waals surface area contributed by atoms with Gasteiger partial charge in [0, 0.05) is 11.6 Å². The van der Waals surface area contributed by atoms with Crippen LogP contribution in [0.1, 0.15) is 30.9 Å². The molecule has 1 saturated heterocycles. The fourth-order valence-electron chi connectivity index (χ4n) is 2.41. The van der Waals surface area contributed by atoms with E-state index in [2.05, 4.69) is 4.90 Å². The third kappa shape index (κ3) is 2.82. The van der Waals surface area contributed by atoms with E-state index in [0.29, 0.717) is 5.56 Å². The average molecular weight is 241 g/mol. The summed E-state index contributed by atoms with van der Waals surface area (Å²) in [4.78, 5) is 2.07. The molecule has 1 aliphatic rings. The van der Waals surface area contributed by atoms with Crippen LogP contribution in [-0.2, 0) is 0 Å². The molecule has 1 aromatic rings. The Hall–Kier alpha value is -1.00. The maximum absolute atomic E-state index is 13.7. The van der Waals surface area contributed by atoms with Crippen LogP contribution in [0.5, 0.6) is 0 Å². The summed E-state index contributed by atoms with van der Waals surface area (Å²) in [5.41, 5.74) is 0.385. The Kier molecular flexibility index (Phi) is 4.07. The van der Waals surface area contributed by atoms with Gasteiger partial charge >= 0.3 is 0 Å². The number of aliphatic hydroxyl groups excluding tert-OH is 1. The Morgan fingerprint density at radius 1 is 1.18 bits per heavy atom. The largest absolute Gasteiger partial charge is 0.394 e. The molecule has 17 heavy (non-hydrogen) atoms. The van der Waals surface area contributed by atoms with E-state index in [0.717, 1.165) is 32.0 Å². The number of benzene rings is 1. The molecule has 2 nitrogen and oxygen atoms in total. The zero-order valence-corrected chi connectivity index (χ0v) is 9.70. The normalized spacial score (nSPS) is 19.2. The first-order valence-corrected chi connectivity index (χ1v) is 6.02. The molecule has 0 bridgehead atoms. The molecule has 94 valence electrons. The molecule has 0 saturated carbocycles. The van der Waals surface area contributed by atoms with Crippen molar-refractivity contribution in [2.75, 3.05) is 19.7 Å². The van der Waals surface area contributed by atoms with Crippen LogP contribution in [-0.4, -0.2) is 29.7 Å². The summed E-state index contributed by atoms with van der Waals surface area (Å²) in [5.74, 6) is -1.16. The Balaban J connectivity index is 2.21. The molecule has 0 aromatic heterocycles. The zero-order valence-electron chi connectivity index (χ0n) is 9.70. The fraction of sp³-hybridized carbons (Fsp3) is 0.538. The van der Waals surface area contributed by atoms with Crippen LogP contribution in [0.2, 0.25) is 0 Å². The van der Waals surface area contributed by atoms with Crippen molar-refractivity contribution in [1.29, 1.82) is 0 Å². The highest BCUT2D eigenvalue weighted by Gasteiger charge is 2.24. The van der Waals surface area contributed by atoms with Crippen molar-refractivity contribution in [2.24, 2.45) is 0 Å². The molecule has 1 heterocycles. The van der Waals surface area contributed by atoms with Gasteiger partial charge in [-0.3, -0.25) is 4.90 Å². The minimum absolute atomic E-state index is 0.136. The lowest BCUT2D eigenvalue weighted by molar-refractivity contribution is 0.102. The molecule has 1 aromatic carbocycles. The van der Waals surface area contributed by atoms with E-state index in [1.165, 1.54) is 18.6 Å². The molecule has 0 aliphatic carbocycles. The molecule has 0 unspecified atom stereocenters. The van der Waals surface area contributed by atoms with Crippen LogP contribution in [0, 0.1) is 11.6 Å². The van der Waals surface area contributed by atoms with Crippen molar-refractivity contribution in [3.8, 4) is 0 Å². The molecule has 4 heteroatoms. The zero-order chi connectivity index (χ0) is 12.3. The molecule has 0 amide bonds. The van der Waals surface area contributed by atoms with Gasteiger partial charge in [-0.1, -0.05) is 12.5 Å². The van der Waals surface area contributed by atoms with Crippen LogP contribution >= 0.6 is 0 Å². The third-order valence-electron chi connectivity index (χ3n) is 3.33. The maximum Gasteiger partial charge on any atom is 0.130 e. The maximum atomic E-state index is 13.7. The molecule has 1 N–H and O–H groups in total. The monoisotopic (exact) mass is 241 g/mol. The van der Waals surface area contributed by atoms with Crippen LogP contribution in [0.15, 0.2) is 18.2 Å². The van der Waals surface area contributed by atoms with Gasteiger partial charge in [0.2, 0.25) is 0 Å². The average Bonchev–Trinajstić information content (AvgIpc) is 2.34. The smallest absolute Gasteiger partial charge is 0.130 e. The summed E-state index contributed by atoms with van der Waals surface area (Å²) < 4.78 is 26.5. The van der Waals surface area contributed by atoms with Crippen molar-refractivity contribution in [2.45, 2.75) is 25.3 Å². The predicted octanol–water partition coefficient (Wildman–Crippen LogP) is 2.48. The first-order chi connectivity index (χ1) is 8.22. The minimum atomic E-state index is -0.582. The first-order valence-electron chi connectivity index (χ1n) is 6.02. The number of piperidine rings is 1. The number of hydrogen-bond acceptors (Lipinski definition) is 2. The number of rotatable bonds is 3. The molecule has 0 radical (unpaired) electrons. The molecule has 0 spiro atoms. The number of nitrogens with zero attached hydrogens (tertiary/aromatic N) is 1. The summed E-state index contributed by atoms with van der Waals surface area (Å²) in [6.45, 7) is 1.59. The van der Waals surface area contributed by atoms with E-state index < -0.39 is 11.6 Å². The second-order valence-electron chi connectivity index (χ2n) is 4.46. The summed E-state index contributed by atoms with van der Waals surface area (Å²) in [5, 5.41) is 9.42. The van der Waals surface area contributed by atoms with E-state index in [9.17, 15) is 13.9 Å². The van der Waals surface area contributed by atoms with E-state index in [4.69, 9.17) is 0 Å². The van der Waals surface area contributed by atoms with Crippen LogP contribution in [0.4, 0.5) is 8.78 Å². The quantitative estimate of drug-likeness (QED) is 0.878. The number of aliphatic hydroxyl groups is 1. The summed E-state index contributed by atoms with van der Waals surface area (Å²) in [6.07, 6.45) is 3.32. The number of likely N-dealkylation sites (tertiary alicyclic amines) is 1. The number of halogens is 2. The lowest BCUT2D eigenvalue weighted by Gasteiger charge is -2.33. The van der Waals surface area contributed by atoms with Gasteiger partial charge in [0.05, 0.1) is 12.6 Å². The summed E-state index contributed by atoms with van der Waals surface area (Å²) in [6, 6.07) is 3.20. The van der Waals surface area contributed by atoms with Crippen molar-refractivity contribution < 1.29 is 13.9 Å². The van der Waals surface area contributed by atoms with Crippen molar-refractivity contribution >= 4 is 0 Å². The fourth-order valence-corrected chi connectivity index (χ4v) is 2.41. The highest BCUT2D eigenvalue weighted by atomic mass is 19.1. The Labute approximate surface area is 99.9 Å². The number of hydrogen-bond donors (Lipinski definition) is 1. The highest BCUT2D eigenvalue weighted by molar-refractivity contribution is 5.22. The van der Waals surface area contributed by atoms with E-state index in [1.807, 2.05) is 0 Å². The summed E-state index contributed by atoms with van der Waals surface area (Å²) in [7, 11) is 0. The van der Waals surface area contributed by atoms with Crippen LogP contribution in [0.3, 0.4) is 0 Å². The van der Waals surface area contributed by atoms with Gasteiger partial charge in [0.1, 0.15) is 11.6 Å². The second kappa shape index (κ2) is 5.56. The lowest BCUT2D eigenvalue weighted by atomic mass is 10.0. The SMILES string of the molecule is OC[C@@H](c1ccc(F)cc1F)N1CCCCC1. The molecule has 2 rings (SSSR count). The molecule has 1 fully saturated rings. The van der Waals surface area contributed by atoms with Crippen molar-refractivity contribution in [3.63, 3.8) is 0 Å². The topological polar surface area (TPSA) is 23.5 Å². The van der Waals surface area contributed by atoms with Gasteiger partial charge in [0.25, 0.3) is 0 Å². The minimum Gasteiger partial charge on any atom is -0.394 e. The van der Waals surface area contributed by atoms with Crippen molar-refractivity contribution in [1.82, 2.24) is 4.90 Å².